The van der Waals surface area contributed by atoms with Crippen LogP contribution in [0.5, 0.6) is 11.6 Å². The second-order valence-electron chi connectivity index (χ2n) is 4.39. The van der Waals surface area contributed by atoms with E-state index in [2.05, 4.69) is 10.3 Å². The van der Waals surface area contributed by atoms with Gasteiger partial charge in [0.2, 0.25) is 5.88 Å². The zero-order chi connectivity index (χ0) is 14.5. The minimum absolute atomic E-state index is 0.480. The molecule has 0 amide bonds. The molecule has 0 fully saturated rings. The summed E-state index contributed by atoms with van der Waals surface area (Å²) in [5, 5.41) is 4.37. The highest BCUT2D eigenvalue weighted by molar-refractivity contribution is 6.32. The summed E-state index contributed by atoms with van der Waals surface area (Å²) < 4.78 is 5.71. The lowest BCUT2D eigenvalue weighted by molar-refractivity contribution is 0.460. The monoisotopic (exact) mass is 310 g/mol. The number of rotatable bonds is 5. The highest BCUT2D eigenvalue weighted by atomic mass is 35.5. The Kier molecular flexibility index (Phi) is 5.24. The van der Waals surface area contributed by atoms with Gasteiger partial charge in [0.1, 0.15) is 5.75 Å². The van der Waals surface area contributed by atoms with Gasteiger partial charge in [-0.1, -0.05) is 36.2 Å². The number of hydrogen-bond donors (Lipinski definition) is 1. The number of ether oxygens (including phenoxy) is 1. The van der Waals surface area contributed by atoms with Crippen molar-refractivity contribution in [1.29, 1.82) is 0 Å². The van der Waals surface area contributed by atoms with Crippen molar-refractivity contribution in [2.75, 3.05) is 6.54 Å². The van der Waals surface area contributed by atoms with Crippen molar-refractivity contribution < 1.29 is 4.74 Å². The number of aryl methyl sites for hydroxylation is 1. The van der Waals surface area contributed by atoms with Crippen molar-refractivity contribution in [1.82, 2.24) is 10.3 Å². The summed E-state index contributed by atoms with van der Waals surface area (Å²) in [5.74, 6) is 1.06. The van der Waals surface area contributed by atoms with Gasteiger partial charge in [-0.15, -0.1) is 0 Å². The van der Waals surface area contributed by atoms with Crippen LogP contribution in [0.4, 0.5) is 0 Å². The van der Waals surface area contributed by atoms with E-state index in [9.17, 15) is 0 Å². The molecule has 1 heterocycles. The molecule has 2 aromatic rings. The molecule has 0 atom stereocenters. The van der Waals surface area contributed by atoms with Gasteiger partial charge in [0.25, 0.3) is 0 Å². The first-order valence-electron chi connectivity index (χ1n) is 6.40. The molecule has 0 saturated heterocycles. The number of pyridine rings is 1. The summed E-state index contributed by atoms with van der Waals surface area (Å²) in [6.45, 7) is 5.46. The average molecular weight is 311 g/mol. The molecule has 20 heavy (non-hydrogen) atoms. The SMILES string of the molecule is CCNCc1nc(Oc2ccc(C)cc2Cl)ccc1Cl. The highest BCUT2D eigenvalue weighted by Crippen LogP contribution is 2.30. The first-order valence-corrected chi connectivity index (χ1v) is 7.16. The average Bonchev–Trinajstić information content (AvgIpc) is 2.42. The Morgan fingerprint density at radius 3 is 2.65 bits per heavy atom. The van der Waals surface area contributed by atoms with Gasteiger partial charge in [0, 0.05) is 12.6 Å². The fourth-order valence-electron chi connectivity index (χ4n) is 1.69. The van der Waals surface area contributed by atoms with Gasteiger partial charge >= 0.3 is 0 Å². The molecule has 0 bridgehead atoms. The maximum Gasteiger partial charge on any atom is 0.219 e. The molecule has 0 spiro atoms. The molecule has 0 radical (unpaired) electrons. The van der Waals surface area contributed by atoms with E-state index in [1.165, 1.54) is 0 Å². The molecule has 1 aromatic heterocycles. The molecule has 2 rings (SSSR count). The molecular formula is C15H16Cl2N2O. The van der Waals surface area contributed by atoms with Gasteiger partial charge in [0.05, 0.1) is 15.7 Å². The number of nitrogens with zero attached hydrogens (tertiary/aromatic N) is 1. The van der Waals surface area contributed by atoms with E-state index in [0.29, 0.717) is 28.2 Å². The summed E-state index contributed by atoms with van der Waals surface area (Å²) in [6.07, 6.45) is 0. The first kappa shape index (κ1) is 15.1. The van der Waals surface area contributed by atoms with E-state index in [0.717, 1.165) is 17.8 Å². The lowest BCUT2D eigenvalue weighted by Crippen LogP contribution is -2.13. The van der Waals surface area contributed by atoms with Gasteiger partial charge in [-0.2, -0.15) is 0 Å². The van der Waals surface area contributed by atoms with E-state index in [1.54, 1.807) is 12.1 Å². The third-order valence-corrected chi connectivity index (χ3v) is 3.38. The van der Waals surface area contributed by atoms with Gasteiger partial charge in [-0.25, -0.2) is 4.98 Å². The normalized spacial score (nSPS) is 10.6. The Labute approximate surface area is 128 Å². The number of benzene rings is 1. The van der Waals surface area contributed by atoms with Crippen LogP contribution in [-0.2, 0) is 6.54 Å². The van der Waals surface area contributed by atoms with Crippen molar-refractivity contribution in [2.24, 2.45) is 0 Å². The smallest absolute Gasteiger partial charge is 0.219 e. The fourth-order valence-corrected chi connectivity index (χ4v) is 2.14. The van der Waals surface area contributed by atoms with Gasteiger partial charge in [0.15, 0.2) is 0 Å². The van der Waals surface area contributed by atoms with Crippen LogP contribution < -0.4 is 10.1 Å². The van der Waals surface area contributed by atoms with Crippen LogP contribution in [0.25, 0.3) is 0 Å². The Morgan fingerprint density at radius 2 is 1.95 bits per heavy atom. The Bertz CT molecular complexity index is 602. The molecule has 0 saturated carbocycles. The van der Waals surface area contributed by atoms with Gasteiger partial charge in [-0.3, -0.25) is 0 Å². The van der Waals surface area contributed by atoms with E-state index in [-0.39, 0.29) is 0 Å². The molecule has 1 aromatic carbocycles. The first-order chi connectivity index (χ1) is 9.60. The standard InChI is InChI=1S/C15H16Cl2N2O/c1-3-18-9-13-11(16)5-7-15(19-13)20-14-6-4-10(2)8-12(14)17/h4-8,18H,3,9H2,1-2H3. The lowest BCUT2D eigenvalue weighted by atomic mass is 10.2. The van der Waals surface area contributed by atoms with E-state index in [4.69, 9.17) is 27.9 Å². The minimum Gasteiger partial charge on any atom is -0.437 e. The predicted octanol–water partition coefficient (Wildman–Crippen LogP) is 4.60. The highest BCUT2D eigenvalue weighted by Gasteiger charge is 2.08. The van der Waals surface area contributed by atoms with Crippen LogP contribution in [0.15, 0.2) is 30.3 Å². The summed E-state index contributed by atoms with van der Waals surface area (Å²) >= 11 is 12.2. The molecule has 3 nitrogen and oxygen atoms in total. The quantitative estimate of drug-likeness (QED) is 0.876. The third-order valence-electron chi connectivity index (χ3n) is 2.74. The molecule has 0 aliphatic carbocycles. The van der Waals surface area contributed by atoms with Crippen LogP contribution in [0, 0.1) is 6.92 Å². The molecule has 0 unspecified atom stereocenters. The number of aromatic nitrogens is 1. The van der Waals surface area contributed by atoms with Crippen molar-refractivity contribution in [3.63, 3.8) is 0 Å². The summed E-state index contributed by atoms with van der Waals surface area (Å²) in [6, 6.07) is 9.13. The molecule has 5 heteroatoms. The lowest BCUT2D eigenvalue weighted by Gasteiger charge is -2.10. The maximum atomic E-state index is 6.14. The predicted molar refractivity (Wildman–Crippen MR) is 82.9 cm³/mol. The molecule has 1 N–H and O–H groups in total. The molecule has 0 aliphatic rings. The number of hydrogen-bond acceptors (Lipinski definition) is 3. The van der Waals surface area contributed by atoms with Crippen molar-refractivity contribution in [3.05, 3.63) is 51.6 Å². The van der Waals surface area contributed by atoms with Crippen LogP contribution in [0.2, 0.25) is 10.0 Å². The zero-order valence-corrected chi connectivity index (χ0v) is 12.9. The van der Waals surface area contributed by atoms with Crippen LogP contribution in [-0.4, -0.2) is 11.5 Å². The van der Waals surface area contributed by atoms with Crippen LogP contribution in [0.3, 0.4) is 0 Å². The van der Waals surface area contributed by atoms with Crippen molar-refractivity contribution in [3.8, 4) is 11.6 Å². The summed E-state index contributed by atoms with van der Waals surface area (Å²) in [5.41, 5.74) is 1.84. The number of nitrogens with one attached hydrogen (secondary N) is 1. The minimum atomic E-state index is 0.480. The zero-order valence-electron chi connectivity index (χ0n) is 11.4. The number of halogens is 2. The van der Waals surface area contributed by atoms with Crippen molar-refractivity contribution >= 4 is 23.2 Å². The van der Waals surface area contributed by atoms with Gasteiger partial charge < -0.3 is 10.1 Å². The molecular weight excluding hydrogens is 295 g/mol. The topological polar surface area (TPSA) is 34.2 Å². The maximum absolute atomic E-state index is 6.14. The van der Waals surface area contributed by atoms with Gasteiger partial charge in [-0.05, 0) is 37.2 Å². The molecule has 106 valence electrons. The van der Waals surface area contributed by atoms with E-state index >= 15 is 0 Å². The Balaban J connectivity index is 2.20. The van der Waals surface area contributed by atoms with E-state index < -0.39 is 0 Å². The second-order valence-corrected chi connectivity index (χ2v) is 5.21. The summed E-state index contributed by atoms with van der Waals surface area (Å²) in [7, 11) is 0. The summed E-state index contributed by atoms with van der Waals surface area (Å²) in [4.78, 5) is 4.39. The largest absolute Gasteiger partial charge is 0.437 e. The molecule has 0 aliphatic heterocycles. The third kappa shape index (κ3) is 3.85. The van der Waals surface area contributed by atoms with Crippen LogP contribution in [0.1, 0.15) is 18.2 Å². The van der Waals surface area contributed by atoms with E-state index in [1.807, 2.05) is 32.0 Å². The second kappa shape index (κ2) is 6.93. The van der Waals surface area contributed by atoms with Crippen molar-refractivity contribution in [2.45, 2.75) is 20.4 Å². The van der Waals surface area contributed by atoms with Crippen LogP contribution >= 0.6 is 23.2 Å². The fraction of sp³-hybridized carbons (Fsp3) is 0.267. The Morgan fingerprint density at radius 1 is 1.15 bits per heavy atom. The Hall–Kier alpha value is -1.29.